The highest BCUT2D eigenvalue weighted by molar-refractivity contribution is 5.93. The summed E-state index contributed by atoms with van der Waals surface area (Å²) in [5.74, 6) is -0.230. The molecule has 0 spiro atoms. The second-order valence-electron chi connectivity index (χ2n) is 8.39. The fourth-order valence-electron chi connectivity index (χ4n) is 4.13. The van der Waals surface area contributed by atoms with Gasteiger partial charge in [0, 0.05) is 68.5 Å². The van der Waals surface area contributed by atoms with E-state index in [1.807, 2.05) is 0 Å². The van der Waals surface area contributed by atoms with E-state index in [1.165, 1.54) is 16.8 Å². The van der Waals surface area contributed by atoms with E-state index >= 15 is 0 Å². The van der Waals surface area contributed by atoms with Crippen LogP contribution in [0.4, 0.5) is 13.2 Å². The maximum absolute atomic E-state index is 13.2. The topological polar surface area (TPSA) is 66.4 Å². The molecule has 10 heteroatoms. The van der Waals surface area contributed by atoms with Crippen LogP contribution in [0, 0.1) is 0 Å². The predicted molar refractivity (Wildman–Crippen MR) is 115 cm³/mol. The lowest BCUT2D eigenvalue weighted by molar-refractivity contribution is -0.275. The van der Waals surface area contributed by atoms with Gasteiger partial charge in [-0.1, -0.05) is 12.1 Å². The smallest absolute Gasteiger partial charge is 0.405 e. The number of alkyl halides is 3. The number of rotatable bonds is 5. The zero-order valence-electron chi connectivity index (χ0n) is 18.2. The van der Waals surface area contributed by atoms with Gasteiger partial charge in [0.2, 0.25) is 0 Å². The highest BCUT2D eigenvalue weighted by Crippen LogP contribution is 2.34. The zero-order valence-corrected chi connectivity index (χ0v) is 18.2. The summed E-state index contributed by atoms with van der Waals surface area (Å²) < 4.78 is 45.4. The lowest BCUT2D eigenvalue weighted by Gasteiger charge is -2.37. The number of H-pyrrole nitrogens is 1. The molecule has 0 saturated carbocycles. The van der Waals surface area contributed by atoms with Crippen molar-refractivity contribution < 1.29 is 17.9 Å². The number of hydrogen-bond acceptors (Lipinski definition) is 5. The molecule has 0 radical (unpaired) electrons. The minimum absolute atomic E-state index is 0.230. The van der Waals surface area contributed by atoms with Crippen molar-refractivity contribution in [2.24, 2.45) is 7.05 Å². The molecule has 1 saturated heterocycles. The Labute approximate surface area is 183 Å². The second-order valence-corrected chi connectivity index (χ2v) is 8.39. The number of halogens is 3. The standard InChI is InChI=1S/C22H26F3N5O2/c1-14(2)30-8-6-29(7-9-30)12-16-5-4-15(10-19(16)32-22(23,24)25)18-13-28(3)21(31)20-17(18)11-26-27-20/h4-5,10-11,13-14H,6-9,12H2,1-3H3,(H,26,27). The van der Waals surface area contributed by atoms with Gasteiger partial charge in [-0.2, -0.15) is 5.10 Å². The zero-order chi connectivity index (χ0) is 23.0. The van der Waals surface area contributed by atoms with Crippen LogP contribution in [-0.4, -0.2) is 63.1 Å². The van der Waals surface area contributed by atoms with Crippen LogP contribution in [0.15, 0.2) is 35.4 Å². The van der Waals surface area contributed by atoms with Crippen molar-refractivity contribution in [2.75, 3.05) is 26.2 Å². The summed E-state index contributed by atoms with van der Waals surface area (Å²) in [6, 6.07) is 5.26. The summed E-state index contributed by atoms with van der Waals surface area (Å²) in [6.07, 6.45) is -1.71. The number of aromatic nitrogens is 3. The van der Waals surface area contributed by atoms with Crippen molar-refractivity contribution in [1.29, 1.82) is 0 Å². The first-order valence-corrected chi connectivity index (χ1v) is 10.5. The van der Waals surface area contributed by atoms with Crippen LogP contribution >= 0.6 is 0 Å². The maximum atomic E-state index is 13.2. The molecule has 1 aromatic carbocycles. The first-order chi connectivity index (χ1) is 15.1. The summed E-state index contributed by atoms with van der Waals surface area (Å²) in [4.78, 5) is 16.8. The molecule has 7 nitrogen and oxygen atoms in total. The van der Waals surface area contributed by atoms with Crippen LogP contribution in [0.5, 0.6) is 5.75 Å². The van der Waals surface area contributed by atoms with Crippen molar-refractivity contribution in [1.82, 2.24) is 24.6 Å². The molecule has 32 heavy (non-hydrogen) atoms. The molecular formula is C22H26F3N5O2. The molecule has 0 atom stereocenters. The molecular weight excluding hydrogens is 423 g/mol. The number of nitrogens with one attached hydrogen (secondary N) is 1. The highest BCUT2D eigenvalue weighted by atomic mass is 19.4. The van der Waals surface area contributed by atoms with Crippen molar-refractivity contribution in [3.63, 3.8) is 0 Å². The fourth-order valence-corrected chi connectivity index (χ4v) is 4.13. The number of ether oxygens (including phenoxy) is 1. The van der Waals surface area contributed by atoms with Crippen molar-refractivity contribution in [2.45, 2.75) is 32.8 Å². The van der Waals surface area contributed by atoms with E-state index in [2.05, 4.69) is 38.6 Å². The third kappa shape index (κ3) is 4.66. The molecule has 2 aromatic heterocycles. The number of benzene rings is 1. The van der Waals surface area contributed by atoms with E-state index in [1.54, 1.807) is 25.4 Å². The van der Waals surface area contributed by atoms with Crippen LogP contribution in [0.3, 0.4) is 0 Å². The number of fused-ring (bicyclic) bond motifs is 1. The number of nitrogens with zero attached hydrogens (tertiary/aromatic N) is 4. The molecule has 4 rings (SSSR count). The van der Waals surface area contributed by atoms with Crippen LogP contribution in [-0.2, 0) is 13.6 Å². The summed E-state index contributed by atoms with van der Waals surface area (Å²) in [5, 5.41) is 7.13. The quantitative estimate of drug-likeness (QED) is 0.647. The van der Waals surface area contributed by atoms with E-state index < -0.39 is 6.36 Å². The Bertz CT molecular complexity index is 1160. The van der Waals surface area contributed by atoms with Gasteiger partial charge in [-0.15, -0.1) is 13.2 Å². The second kappa shape index (κ2) is 8.59. The van der Waals surface area contributed by atoms with E-state index in [9.17, 15) is 18.0 Å². The molecule has 1 fully saturated rings. The predicted octanol–water partition coefficient (Wildman–Crippen LogP) is 3.35. The largest absolute Gasteiger partial charge is 0.573 e. The Morgan fingerprint density at radius 3 is 2.56 bits per heavy atom. The van der Waals surface area contributed by atoms with Crippen molar-refractivity contribution >= 4 is 10.9 Å². The molecule has 1 aliphatic rings. The summed E-state index contributed by atoms with van der Waals surface area (Å²) >= 11 is 0. The lowest BCUT2D eigenvalue weighted by Crippen LogP contribution is -2.48. The summed E-state index contributed by atoms with van der Waals surface area (Å²) in [7, 11) is 1.59. The highest BCUT2D eigenvalue weighted by Gasteiger charge is 2.33. The van der Waals surface area contributed by atoms with Crippen molar-refractivity contribution in [3.8, 4) is 16.9 Å². The lowest BCUT2D eigenvalue weighted by atomic mass is 10.0. The number of pyridine rings is 1. The van der Waals surface area contributed by atoms with Gasteiger partial charge in [-0.25, -0.2) is 0 Å². The summed E-state index contributed by atoms with van der Waals surface area (Å²) in [5.41, 5.74) is 1.62. The van der Waals surface area contributed by atoms with Crippen molar-refractivity contribution in [3.05, 3.63) is 46.5 Å². The Morgan fingerprint density at radius 2 is 1.91 bits per heavy atom. The van der Waals surface area contributed by atoms with E-state index in [0.29, 0.717) is 40.2 Å². The van der Waals surface area contributed by atoms with Gasteiger partial charge in [0.25, 0.3) is 5.56 Å². The molecule has 3 heterocycles. The summed E-state index contributed by atoms with van der Waals surface area (Å²) in [6.45, 7) is 7.96. The minimum Gasteiger partial charge on any atom is -0.405 e. The van der Waals surface area contributed by atoms with E-state index in [-0.39, 0.29) is 11.3 Å². The minimum atomic E-state index is -4.81. The molecule has 0 unspecified atom stereocenters. The van der Waals surface area contributed by atoms with Crippen LogP contribution in [0.2, 0.25) is 0 Å². The number of hydrogen-bond donors (Lipinski definition) is 1. The monoisotopic (exact) mass is 449 g/mol. The number of aromatic amines is 1. The average molecular weight is 449 g/mol. The molecule has 0 aliphatic carbocycles. The molecule has 3 aromatic rings. The Hall–Kier alpha value is -2.85. The maximum Gasteiger partial charge on any atom is 0.573 e. The van der Waals surface area contributed by atoms with Crippen LogP contribution < -0.4 is 10.3 Å². The van der Waals surface area contributed by atoms with Crippen LogP contribution in [0.1, 0.15) is 19.4 Å². The average Bonchev–Trinajstić information content (AvgIpc) is 3.21. The van der Waals surface area contributed by atoms with Gasteiger partial charge in [0.05, 0.1) is 6.20 Å². The van der Waals surface area contributed by atoms with E-state index in [0.717, 1.165) is 26.2 Å². The Balaban J connectivity index is 1.68. The first-order valence-electron chi connectivity index (χ1n) is 10.5. The van der Waals surface area contributed by atoms with Crippen LogP contribution in [0.25, 0.3) is 22.0 Å². The molecule has 0 amide bonds. The number of piperazine rings is 1. The Morgan fingerprint density at radius 1 is 1.19 bits per heavy atom. The van der Waals surface area contributed by atoms with Gasteiger partial charge in [-0.3, -0.25) is 19.7 Å². The third-order valence-electron chi connectivity index (χ3n) is 5.92. The molecule has 172 valence electrons. The first kappa shape index (κ1) is 22.3. The Kier molecular flexibility index (Phi) is 6.00. The molecule has 1 N–H and O–H groups in total. The normalized spacial score (nSPS) is 16.2. The van der Waals surface area contributed by atoms with Gasteiger partial charge >= 0.3 is 6.36 Å². The fraction of sp³-hybridized carbons (Fsp3) is 0.455. The SMILES string of the molecule is CC(C)N1CCN(Cc2ccc(-c3cn(C)c(=O)c4[nH]ncc34)cc2OC(F)(F)F)CC1. The molecule has 0 bridgehead atoms. The van der Waals surface area contributed by atoms with Gasteiger partial charge in [0.15, 0.2) is 0 Å². The van der Waals surface area contributed by atoms with Gasteiger partial charge < -0.3 is 9.30 Å². The van der Waals surface area contributed by atoms with Gasteiger partial charge in [0.1, 0.15) is 11.3 Å². The number of aryl methyl sites for hydroxylation is 1. The molecule has 1 aliphatic heterocycles. The third-order valence-corrected chi connectivity index (χ3v) is 5.92. The van der Waals surface area contributed by atoms with E-state index in [4.69, 9.17) is 0 Å². The van der Waals surface area contributed by atoms with Gasteiger partial charge in [-0.05, 0) is 25.5 Å².